The third kappa shape index (κ3) is 3.23. The Kier molecular flexibility index (Phi) is 4.35. The summed E-state index contributed by atoms with van der Waals surface area (Å²) in [6.07, 6.45) is 11.7. The van der Waals surface area contributed by atoms with E-state index in [1.807, 2.05) is 12.2 Å². The second-order valence-electron chi connectivity index (χ2n) is 5.66. The third-order valence-electron chi connectivity index (χ3n) is 3.50. The molecule has 0 saturated heterocycles. The molecule has 0 bridgehead atoms. The van der Waals surface area contributed by atoms with E-state index in [4.69, 9.17) is 0 Å². The van der Waals surface area contributed by atoms with Crippen molar-refractivity contribution in [3.63, 3.8) is 0 Å². The molecule has 0 aromatic carbocycles. The van der Waals surface area contributed by atoms with Crippen LogP contribution in [0, 0.1) is 11.3 Å². The van der Waals surface area contributed by atoms with Crippen LogP contribution < -0.4 is 0 Å². The van der Waals surface area contributed by atoms with E-state index in [0.29, 0.717) is 5.41 Å². The lowest BCUT2D eigenvalue weighted by molar-refractivity contribution is 0.215. The van der Waals surface area contributed by atoms with E-state index >= 15 is 0 Å². The maximum absolute atomic E-state index is 3.81. The molecule has 0 amide bonds. The normalized spacial score (nSPS) is 27.1. The molecule has 88 valence electrons. The number of hydrogen-bond acceptors (Lipinski definition) is 0. The van der Waals surface area contributed by atoms with E-state index in [1.165, 1.54) is 30.4 Å². The molecule has 0 nitrogen and oxygen atoms in total. The fraction of sp³-hybridized carbons (Fsp3) is 0.500. The molecular formula is C16H24. The summed E-state index contributed by atoms with van der Waals surface area (Å²) in [6, 6.07) is 0. The standard InChI is InChI=1S/C16H24/c1-6-8-13-10-11-15(16(3,4)5)12-14(13)9-7-2/h6-9,15H,1-2,10-12H2,3-5H3/b13-8-,14-9-. The first-order chi connectivity index (χ1) is 7.49. The van der Waals surface area contributed by atoms with Crippen LogP contribution in [0.1, 0.15) is 40.0 Å². The molecule has 1 fully saturated rings. The van der Waals surface area contributed by atoms with E-state index in [1.54, 1.807) is 0 Å². The highest BCUT2D eigenvalue weighted by Gasteiger charge is 2.29. The highest BCUT2D eigenvalue weighted by atomic mass is 14.3. The van der Waals surface area contributed by atoms with Crippen LogP contribution in [-0.4, -0.2) is 0 Å². The summed E-state index contributed by atoms with van der Waals surface area (Å²) in [7, 11) is 0. The number of rotatable bonds is 2. The summed E-state index contributed by atoms with van der Waals surface area (Å²) in [4.78, 5) is 0. The Labute approximate surface area is 100 Å². The van der Waals surface area contributed by atoms with Gasteiger partial charge in [0.1, 0.15) is 0 Å². The van der Waals surface area contributed by atoms with Crippen LogP contribution in [0.5, 0.6) is 0 Å². The molecule has 0 aromatic rings. The predicted octanol–water partition coefficient (Wildman–Crippen LogP) is 5.06. The summed E-state index contributed by atoms with van der Waals surface area (Å²) >= 11 is 0. The molecule has 0 radical (unpaired) electrons. The first kappa shape index (κ1) is 13.0. The molecular weight excluding hydrogens is 192 g/mol. The van der Waals surface area contributed by atoms with Crippen molar-refractivity contribution in [3.8, 4) is 0 Å². The zero-order chi connectivity index (χ0) is 12.2. The topological polar surface area (TPSA) is 0 Å². The van der Waals surface area contributed by atoms with Gasteiger partial charge in [0.15, 0.2) is 0 Å². The molecule has 0 spiro atoms. The molecule has 1 rings (SSSR count). The molecule has 1 atom stereocenters. The summed E-state index contributed by atoms with van der Waals surface area (Å²) in [5.74, 6) is 0.778. The van der Waals surface area contributed by atoms with Gasteiger partial charge in [0.05, 0.1) is 0 Å². The molecule has 0 aliphatic heterocycles. The second-order valence-corrected chi connectivity index (χ2v) is 5.66. The van der Waals surface area contributed by atoms with Crippen molar-refractivity contribution >= 4 is 0 Å². The molecule has 1 unspecified atom stereocenters. The third-order valence-corrected chi connectivity index (χ3v) is 3.50. The largest absolute Gasteiger partial charge is 0.0991 e. The molecule has 1 aliphatic carbocycles. The SMILES string of the molecule is C=C/C=C1/CCC(C(C)(C)C)C/C1=C/C=C. The van der Waals surface area contributed by atoms with E-state index in [2.05, 4.69) is 46.1 Å². The average Bonchev–Trinajstić information content (AvgIpc) is 2.19. The Hall–Kier alpha value is -1.04. The highest BCUT2D eigenvalue weighted by Crippen LogP contribution is 2.42. The van der Waals surface area contributed by atoms with Crippen LogP contribution in [0.2, 0.25) is 0 Å². The summed E-state index contributed by atoms with van der Waals surface area (Å²) < 4.78 is 0. The molecule has 1 saturated carbocycles. The lowest BCUT2D eigenvalue weighted by Crippen LogP contribution is -2.24. The Morgan fingerprint density at radius 2 is 1.62 bits per heavy atom. The van der Waals surface area contributed by atoms with Crippen LogP contribution in [-0.2, 0) is 0 Å². The fourth-order valence-electron chi connectivity index (χ4n) is 2.38. The number of allylic oxidation sites excluding steroid dienone is 6. The first-order valence-corrected chi connectivity index (χ1v) is 6.12. The van der Waals surface area contributed by atoms with Crippen molar-refractivity contribution < 1.29 is 0 Å². The molecule has 0 aromatic heterocycles. The van der Waals surface area contributed by atoms with Crippen molar-refractivity contribution in [2.75, 3.05) is 0 Å². The smallest absolute Gasteiger partial charge is 0.0243 e. The summed E-state index contributed by atoms with van der Waals surface area (Å²) in [5, 5.41) is 0. The van der Waals surface area contributed by atoms with Crippen molar-refractivity contribution in [2.45, 2.75) is 40.0 Å². The summed E-state index contributed by atoms with van der Waals surface area (Å²) in [6.45, 7) is 14.6. The van der Waals surface area contributed by atoms with Gasteiger partial charge in [0, 0.05) is 0 Å². The van der Waals surface area contributed by atoms with Crippen molar-refractivity contribution in [1.82, 2.24) is 0 Å². The van der Waals surface area contributed by atoms with Gasteiger partial charge in [-0.05, 0) is 41.7 Å². The molecule has 0 N–H and O–H groups in total. The van der Waals surface area contributed by atoms with Gasteiger partial charge in [0.25, 0.3) is 0 Å². The Balaban J connectivity index is 2.89. The Morgan fingerprint density at radius 1 is 1.06 bits per heavy atom. The van der Waals surface area contributed by atoms with Gasteiger partial charge in [-0.3, -0.25) is 0 Å². The quantitative estimate of drug-likeness (QED) is 0.605. The van der Waals surface area contributed by atoms with Crippen molar-refractivity contribution in [3.05, 3.63) is 48.6 Å². The van der Waals surface area contributed by atoms with Crippen LogP contribution in [0.15, 0.2) is 48.6 Å². The maximum Gasteiger partial charge on any atom is -0.0243 e. The van der Waals surface area contributed by atoms with Crippen molar-refractivity contribution in [1.29, 1.82) is 0 Å². The number of hydrogen-bond donors (Lipinski definition) is 0. The minimum absolute atomic E-state index is 0.403. The highest BCUT2D eigenvalue weighted by molar-refractivity contribution is 5.37. The van der Waals surface area contributed by atoms with E-state index in [9.17, 15) is 0 Å². The molecule has 16 heavy (non-hydrogen) atoms. The minimum atomic E-state index is 0.403. The van der Waals surface area contributed by atoms with Gasteiger partial charge in [-0.2, -0.15) is 0 Å². The second kappa shape index (κ2) is 5.34. The first-order valence-electron chi connectivity index (χ1n) is 6.12. The van der Waals surface area contributed by atoms with E-state index < -0.39 is 0 Å². The van der Waals surface area contributed by atoms with Gasteiger partial charge in [-0.25, -0.2) is 0 Å². The monoisotopic (exact) mass is 216 g/mol. The predicted molar refractivity (Wildman–Crippen MR) is 73.4 cm³/mol. The molecule has 1 aliphatic rings. The molecule has 0 heteroatoms. The van der Waals surface area contributed by atoms with Gasteiger partial charge >= 0.3 is 0 Å². The lowest BCUT2D eigenvalue weighted by atomic mass is 9.69. The zero-order valence-corrected chi connectivity index (χ0v) is 10.9. The maximum atomic E-state index is 3.81. The Morgan fingerprint density at radius 3 is 2.12 bits per heavy atom. The average molecular weight is 216 g/mol. The van der Waals surface area contributed by atoms with Gasteiger partial charge in [0.2, 0.25) is 0 Å². The summed E-state index contributed by atoms with van der Waals surface area (Å²) in [5.41, 5.74) is 3.29. The van der Waals surface area contributed by atoms with Gasteiger partial charge < -0.3 is 0 Å². The fourth-order valence-corrected chi connectivity index (χ4v) is 2.38. The lowest BCUT2D eigenvalue weighted by Gasteiger charge is -2.36. The Bertz CT molecular complexity index is 320. The van der Waals surface area contributed by atoms with Crippen LogP contribution in [0.4, 0.5) is 0 Å². The van der Waals surface area contributed by atoms with Crippen LogP contribution in [0.25, 0.3) is 0 Å². The van der Waals surface area contributed by atoms with Crippen molar-refractivity contribution in [2.24, 2.45) is 11.3 Å². The van der Waals surface area contributed by atoms with E-state index in [-0.39, 0.29) is 0 Å². The van der Waals surface area contributed by atoms with Gasteiger partial charge in [-0.1, -0.05) is 58.2 Å². The molecule has 0 heterocycles. The van der Waals surface area contributed by atoms with Crippen LogP contribution in [0.3, 0.4) is 0 Å². The minimum Gasteiger partial charge on any atom is -0.0991 e. The van der Waals surface area contributed by atoms with E-state index in [0.717, 1.165) is 5.92 Å². The van der Waals surface area contributed by atoms with Crippen LogP contribution >= 0.6 is 0 Å². The van der Waals surface area contributed by atoms with Gasteiger partial charge in [-0.15, -0.1) is 0 Å². The zero-order valence-electron chi connectivity index (χ0n) is 10.9.